The summed E-state index contributed by atoms with van der Waals surface area (Å²) in [6, 6.07) is 3.94. The molecule has 0 saturated carbocycles. The minimum Gasteiger partial charge on any atom is -0.355 e. The van der Waals surface area contributed by atoms with E-state index in [1.54, 1.807) is 6.07 Å². The van der Waals surface area contributed by atoms with Crippen LogP contribution >= 0.6 is 22.9 Å². The SMILES string of the molecule is Cc1cn2nc([C@@H]3CCCCN3C(=O)c3sccc3Cl)cc2nc1N1CC[C@H](N)C1. The lowest BCUT2D eigenvalue weighted by Crippen LogP contribution is -2.38. The van der Waals surface area contributed by atoms with Crippen LogP contribution in [0.4, 0.5) is 5.82 Å². The fourth-order valence-electron chi connectivity index (χ4n) is 4.54. The number of nitrogens with zero attached hydrogens (tertiary/aromatic N) is 5. The van der Waals surface area contributed by atoms with E-state index in [4.69, 9.17) is 27.4 Å². The van der Waals surface area contributed by atoms with Crippen molar-refractivity contribution in [1.82, 2.24) is 19.5 Å². The number of aryl methyl sites for hydroxylation is 1. The summed E-state index contributed by atoms with van der Waals surface area (Å²) in [7, 11) is 0. The summed E-state index contributed by atoms with van der Waals surface area (Å²) in [6.45, 7) is 4.54. The van der Waals surface area contributed by atoms with Gasteiger partial charge in [-0.2, -0.15) is 5.10 Å². The summed E-state index contributed by atoms with van der Waals surface area (Å²) in [5.41, 5.74) is 8.86. The third kappa shape index (κ3) is 3.46. The molecule has 3 aromatic heterocycles. The van der Waals surface area contributed by atoms with E-state index in [9.17, 15) is 4.79 Å². The molecule has 0 radical (unpaired) electrons. The number of nitrogens with two attached hydrogens (primary N) is 1. The molecule has 2 aliphatic heterocycles. The number of thiophene rings is 1. The third-order valence-electron chi connectivity index (χ3n) is 6.06. The number of amides is 1. The van der Waals surface area contributed by atoms with Gasteiger partial charge in [-0.1, -0.05) is 11.6 Å². The van der Waals surface area contributed by atoms with E-state index in [1.807, 2.05) is 27.1 Å². The Morgan fingerprint density at radius 2 is 2.17 bits per heavy atom. The van der Waals surface area contributed by atoms with E-state index in [1.165, 1.54) is 11.3 Å². The molecule has 1 amide bonds. The van der Waals surface area contributed by atoms with Crippen LogP contribution in [0.1, 0.15) is 52.7 Å². The molecule has 9 heteroatoms. The van der Waals surface area contributed by atoms with E-state index in [0.717, 1.165) is 68.0 Å². The van der Waals surface area contributed by atoms with Gasteiger partial charge in [0, 0.05) is 43.5 Å². The average Bonchev–Trinajstić information content (AvgIpc) is 3.46. The van der Waals surface area contributed by atoms with Gasteiger partial charge in [-0.25, -0.2) is 9.50 Å². The molecule has 0 bridgehead atoms. The van der Waals surface area contributed by atoms with Gasteiger partial charge in [0.15, 0.2) is 5.65 Å². The molecule has 5 rings (SSSR count). The van der Waals surface area contributed by atoms with Gasteiger partial charge < -0.3 is 15.5 Å². The second kappa shape index (κ2) is 7.83. The second-order valence-corrected chi connectivity index (χ2v) is 9.55. The molecule has 30 heavy (non-hydrogen) atoms. The largest absolute Gasteiger partial charge is 0.355 e. The summed E-state index contributed by atoms with van der Waals surface area (Å²) in [5.74, 6) is 0.969. The van der Waals surface area contributed by atoms with Crippen LogP contribution in [0.15, 0.2) is 23.7 Å². The zero-order valence-electron chi connectivity index (χ0n) is 16.9. The summed E-state index contributed by atoms with van der Waals surface area (Å²) in [5, 5.41) is 7.19. The first kappa shape index (κ1) is 19.8. The highest BCUT2D eigenvalue weighted by molar-refractivity contribution is 7.12. The van der Waals surface area contributed by atoms with Crippen molar-refractivity contribution < 1.29 is 4.79 Å². The molecule has 3 aromatic rings. The minimum atomic E-state index is -0.0601. The van der Waals surface area contributed by atoms with Crippen molar-refractivity contribution in [2.45, 2.75) is 44.7 Å². The summed E-state index contributed by atoms with van der Waals surface area (Å²) >= 11 is 7.63. The molecule has 0 spiro atoms. The number of fused-ring (bicyclic) bond motifs is 1. The standard InChI is InChI=1S/C21H25ClN6OS/c1-13-11-28-18(24-20(13)26-8-5-14(23)12-26)10-16(25-28)17-4-2-3-7-27(17)21(29)19-15(22)6-9-30-19/h6,9-11,14,17H,2-5,7-8,12,23H2,1H3/t14-,17-/m0/s1. The van der Waals surface area contributed by atoms with Crippen LogP contribution in [-0.2, 0) is 0 Å². The predicted molar refractivity (Wildman–Crippen MR) is 119 cm³/mol. The van der Waals surface area contributed by atoms with Crippen molar-refractivity contribution in [1.29, 1.82) is 0 Å². The maximum Gasteiger partial charge on any atom is 0.266 e. The average molecular weight is 445 g/mol. The van der Waals surface area contributed by atoms with Crippen LogP contribution in [0.2, 0.25) is 5.02 Å². The molecule has 0 unspecified atom stereocenters. The van der Waals surface area contributed by atoms with Gasteiger partial charge in [-0.05, 0) is 44.1 Å². The Bertz CT molecular complexity index is 1090. The number of halogens is 1. The van der Waals surface area contributed by atoms with Crippen LogP contribution in [0.25, 0.3) is 5.65 Å². The van der Waals surface area contributed by atoms with Crippen molar-refractivity contribution in [2.75, 3.05) is 24.5 Å². The molecule has 2 atom stereocenters. The maximum atomic E-state index is 13.2. The molecule has 5 heterocycles. The number of carbonyl (C=O) groups is 1. The monoisotopic (exact) mass is 444 g/mol. The van der Waals surface area contributed by atoms with Gasteiger partial charge in [-0.15, -0.1) is 11.3 Å². The highest BCUT2D eigenvalue weighted by Gasteiger charge is 2.32. The summed E-state index contributed by atoms with van der Waals surface area (Å²) < 4.78 is 1.83. The second-order valence-electron chi connectivity index (χ2n) is 8.22. The minimum absolute atomic E-state index is 0.00682. The lowest BCUT2D eigenvalue weighted by atomic mass is 9.99. The van der Waals surface area contributed by atoms with Gasteiger partial charge >= 0.3 is 0 Å². The number of anilines is 1. The Morgan fingerprint density at radius 1 is 1.30 bits per heavy atom. The Hall–Kier alpha value is -2.16. The molecular weight excluding hydrogens is 420 g/mol. The lowest BCUT2D eigenvalue weighted by Gasteiger charge is -2.34. The van der Waals surface area contributed by atoms with Crippen LogP contribution < -0.4 is 10.6 Å². The highest BCUT2D eigenvalue weighted by atomic mass is 35.5. The maximum absolute atomic E-state index is 13.2. The Kier molecular flexibility index (Phi) is 5.16. The molecule has 0 aromatic carbocycles. The van der Waals surface area contributed by atoms with E-state index in [0.29, 0.717) is 9.90 Å². The van der Waals surface area contributed by atoms with Crippen molar-refractivity contribution in [3.63, 3.8) is 0 Å². The van der Waals surface area contributed by atoms with Crippen molar-refractivity contribution in [2.24, 2.45) is 5.73 Å². The van der Waals surface area contributed by atoms with Gasteiger partial charge in [0.25, 0.3) is 5.91 Å². The molecule has 7 nitrogen and oxygen atoms in total. The topological polar surface area (TPSA) is 79.8 Å². The fourth-order valence-corrected chi connectivity index (χ4v) is 5.63. The number of hydrogen-bond donors (Lipinski definition) is 1. The Balaban J connectivity index is 1.48. The molecule has 2 N–H and O–H groups in total. The quantitative estimate of drug-likeness (QED) is 0.666. The van der Waals surface area contributed by atoms with Crippen molar-refractivity contribution >= 4 is 40.3 Å². The third-order valence-corrected chi connectivity index (χ3v) is 7.39. The van der Waals surface area contributed by atoms with Crippen LogP contribution in [0, 0.1) is 6.92 Å². The zero-order valence-corrected chi connectivity index (χ0v) is 18.5. The van der Waals surface area contributed by atoms with E-state index >= 15 is 0 Å². The molecule has 2 fully saturated rings. The van der Waals surface area contributed by atoms with Crippen LogP contribution in [-0.4, -0.2) is 51.1 Å². The molecule has 2 saturated heterocycles. The molecule has 158 valence electrons. The smallest absolute Gasteiger partial charge is 0.266 e. The van der Waals surface area contributed by atoms with Crippen LogP contribution in [0.5, 0.6) is 0 Å². The van der Waals surface area contributed by atoms with Gasteiger partial charge in [0.1, 0.15) is 10.7 Å². The number of carbonyl (C=O) groups excluding carboxylic acids is 1. The predicted octanol–water partition coefficient (Wildman–Crippen LogP) is 3.66. The Labute approximate surface area is 184 Å². The zero-order chi connectivity index (χ0) is 20.8. The first-order chi connectivity index (χ1) is 14.5. The fraction of sp³-hybridized carbons (Fsp3) is 0.476. The van der Waals surface area contributed by atoms with Crippen molar-refractivity contribution in [3.8, 4) is 0 Å². The van der Waals surface area contributed by atoms with Crippen LogP contribution in [0.3, 0.4) is 0 Å². The number of likely N-dealkylation sites (tertiary alicyclic amines) is 1. The normalized spacial score (nSPS) is 22.2. The molecule has 2 aliphatic rings. The number of rotatable bonds is 3. The number of piperidine rings is 1. The van der Waals surface area contributed by atoms with E-state index in [-0.39, 0.29) is 18.0 Å². The molecular formula is C21H25ClN6OS. The number of aromatic nitrogens is 3. The van der Waals surface area contributed by atoms with Crippen molar-refractivity contribution in [3.05, 3.63) is 44.9 Å². The summed E-state index contributed by atoms with van der Waals surface area (Å²) in [4.78, 5) is 22.8. The van der Waals surface area contributed by atoms with Gasteiger partial charge in [-0.3, -0.25) is 4.79 Å². The first-order valence-electron chi connectivity index (χ1n) is 10.4. The lowest BCUT2D eigenvalue weighted by molar-refractivity contribution is 0.0611. The summed E-state index contributed by atoms with van der Waals surface area (Å²) in [6.07, 6.45) is 5.97. The van der Waals surface area contributed by atoms with E-state index < -0.39 is 0 Å². The molecule has 0 aliphatic carbocycles. The van der Waals surface area contributed by atoms with Gasteiger partial charge in [0.05, 0.1) is 16.8 Å². The Morgan fingerprint density at radius 3 is 2.90 bits per heavy atom. The highest BCUT2D eigenvalue weighted by Crippen LogP contribution is 2.34. The van der Waals surface area contributed by atoms with E-state index in [2.05, 4.69) is 11.8 Å². The first-order valence-corrected chi connectivity index (χ1v) is 11.7. The van der Waals surface area contributed by atoms with Gasteiger partial charge in [0.2, 0.25) is 0 Å². The number of hydrogen-bond acceptors (Lipinski definition) is 6.